The van der Waals surface area contributed by atoms with E-state index in [4.69, 9.17) is 0 Å². The summed E-state index contributed by atoms with van der Waals surface area (Å²) in [6.07, 6.45) is 1.54. The summed E-state index contributed by atoms with van der Waals surface area (Å²) in [5.74, 6) is -0.205. The lowest BCUT2D eigenvalue weighted by Gasteiger charge is -2.03. The fraction of sp³-hybridized carbons (Fsp3) is 0.0833. The number of hydrogen-bond donors (Lipinski definition) is 2. The molecule has 0 aliphatic heterocycles. The first-order valence-electron chi connectivity index (χ1n) is 5.20. The number of rotatable bonds is 3. The van der Waals surface area contributed by atoms with Gasteiger partial charge in [0, 0.05) is 11.6 Å². The van der Waals surface area contributed by atoms with Crippen LogP contribution < -0.4 is 5.32 Å². The third-order valence-corrected chi connectivity index (χ3v) is 2.32. The fourth-order valence-corrected chi connectivity index (χ4v) is 1.40. The van der Waals surface area contributed by atoms with Crippen LogP contribution in [0.3, 0.4) is 0 Å². The van der Waals surface area contributed by atoms with Crippen LogP contribution in [-0.2, 0) is 4.74 Å². The van der Waals surface area contributed by atoms with Crippen LogP contribution in [0.2, 0.25) is 0 Å². The molecular formula is C12H11N3O3. The summed E-state index contributed by atoms with van der Waals surface area (Å²) in [5, 5.41) is 8.96. The number of hydrogen-bond acceptors (Lipinski definition) is 4. The molecule has 0 aliphatic rings. The van der Waals surface area contributed by atoms with Gasteiger partial charge in [-0.1, -0.05) is 0 Å². The van der Waals surface area contributed by atoms with Crippen molar-refractivity contribution in [1.82, 2.24) is 10.2 Å². The lowest BCUT2D eigenvalue weighted by atomic mass is 10.1. The molecule has 0 spiro atoms. The van der Waals surface area contributed by atoms with Gasteiger partial charge in [-0.2, -0.15) is 5.10 Å². The van der Waals surface area contributed by atoms with Gasteiger partial charge in [-0.15, -0.1) is 0 Å². The van der Waals surface area contributed by atoms with Gasteiger partial charge >= 0.3 is 5.97 Å². The van der Waals surface area contributed by atoms with Crippen LogP contribution in [0.25, 0.3) is 0 Å². The largest absolute Gasteiger partial charge is 0.465 e. The lowest BCUT2D eigenvalue weighted by molar-refractivity contribution is 0.0600. The number of H-pyrrole nitrogens is 1. The van der Waals surface area contributed by atoms with Gasteiger partial charge < -0.3 is 10.1 Å². The zero-order valence-electron chi connectivity index (χ0n) is 9.64. The number of aromatic nitrogens is 2. The number of carbonyl (C=O) groups excluding carboxylic acids is 2. The maximum atomic E-state index is 11.8. The second-order valence-corrected chi connectivity index (χ2v) is 3.49. The number of esters is 1. The van der Waals surface area contributed by atoms with Crippen molar-refractivity contribution in [3.63, 3.8) is 0 Å². The maximum Gasteiger partial charge on any atom is 0.337 e. The number of carbonyl (C=O) groups is 2. The number of benzene rings is 1. The Labute approximate surface area is 103 Å². The van der Waals surface area contributed by atoms with Crippen molar-refractivity contribution in [2.24, 2.45) is 0 Å². The minimum absolute atomic E-state index is 0.282. The summed E-state index contributed by atoms with van der Waals surface area (Å²) in [5.41, 5.74) is 0.841. The predicted octanol–water partition coefficient (Wildman–Crippen LogP) is 1.45. The van der Waals surface area contributed by atoms with Crippen LogP contribution in [0.5, 0.6) is 0 Å². The summed E-state index contributed by atoms with van der Waals surface area (Å²) in [4.78, 5) is 23.0. The Hall–Kier alpha value is -2.63. The lowest BCUT2D eigenvalue weighted by Crippen LogP contribution is -2.12. The summed E-state index contributed by atoms with van der Waals surface area (Å²) < 4.78 is 4.57. The minimum atomic E-state index is -0.435. The molecule has 0 aliphatic carbocycles. The van der Waals surface area contributed by atoms with Crippen molar-refractivity contribution in [2.45, 2.75) is 0 Å². The minimum Gasteiger partial charge on any atom is -0.465 e. The van der Waals surface area contributed by atoms with Crippen molar-refractivity contribution < 1.29 is 14.3 Å². The molecule has 0 atom stereocenters. The van der Waals surface area contributed by atoms with Crippen LogP contribution in [0.15, 0.2) is 36.5 Å². The van der Waals surface area contributed by atoms with E-state index < -0.39 is 5.97 Å². The third kappa shape index (κ3) is 2.54. The Morgan fingerprint density at radius 2 is 1.83 bits per heavy atom. The SMILES string of the molecule is COC(=O)c1ccc(C(=O)Nc2ccn[nH]2)cc1. The first-order valence-corrected chi connectivity index (χ1v) is 5.20. The fourth-order valence-electron chi connectivity index (χ4n) is 1.40. The highest BCUT2D eigenvalue weighted by Crippen LogP contribution is 2.08. The molecule has 0 saturated heterocycles. The van der Waals surface area contributed by atoms with E-state index in [1.165, 1.54) is 25.4 Å². The molecule has 1 heterocycles. The molecule has 0 fully saturated rings. The molecule has 0 saturated carbocycles. The Kier molecular flexibility index (Phi) is 3.38. The van der Waals surface area contributed by atoms with E-state index in [9.17, 15) is 9.59 Å². The molecular weight excluding hydrogens is 234 g/mol. The van der Waals surface area contributed by atoms with Crippen molar-refractivity contribution in [3.8, 4) is 0 Å². The van der Waals surface area contributed by atoms with Crippen LogP contribution in [-0.4, -0.2) is 29.2 Å². The monoisotopic (exact) mass is 245 g/mol. The highest BCUT2D eigenvalue weighted by Gasteiger charge is 2.09. The highest BCUT2D eigenvalue weighted by atomic mass is 16.5. The van der Waals surface area contributed by atoms with Crippen molar-refractivity contribution >= 4 is 17.7 Å². The number of methoxy groups -OCH3 is 1. The van der Waals surface area contributed by atoms with Crippen LogP contribution in [0, 0.1) is 0 Å². The number of aromatic amines is 1. The first kappa shape index (κ1) is 11.8. The van der Waals surface area contributed by atoms with E-state index in [0.717, 1.165) is 0 Å². The van der Waals surface area contributed by atoms with Gasteiger partial charge in [-0.3, -0.25) is 9.89 Å². The van der Waals surface area contributed by atoms with E-state index in [1.54, 1.807) is 18.2 Å². The van der Waals surface area contributed by atoms with E-state index in [1.807, 2.05) is 0 Å². The topological polar surface area (TPSA) is 84.1 Å². The number of amides is 1. The Balaban J connectivity index is 2.09. The van der Waals surface area contributed by atoms with Gasteiger partial charge in [-0.05, 0) is 24.3 Å². The molecule has 2 aromatic rings. The Bertz CT molecular complexity index is 546. The second-order valence-electron chi connectivity index (χ2n) is 3.49. The number of anilines is 1. The summed E-state index contributed by atoms with van der Waals surface area (Å²) in [6, 6.07) is 7.82. The zero-order valence-corrected chi connectivity index (χ0v) is 9.64. The molecule has 2 rings (SSSR count). The molecule has 1 amide bonds. The van der Waals surface area contributed by atoms with Gasteiger partial charge in [0.25, 0.3) is 5.91 Å². The quantitative estimate of drug-likeness (QED) is 0.801. The standard InChI is InChI=1S/C12H11N3O3/c1-18-12(17)9-4-2-8(3-5-9)11(16)14-10-6-7-13-15-10/h2-7H,1H3,(H2,13,14,15,16). The molecule has 0 unspecified atom stereocenters. The molecule has 0 bridgehead atoms. The average Bonchev–Trinajstić information content (AvgIpc) is 2.91. The first-order chi connectivity index (χ1) is 8.70. The maximum absolute atomic E-state index is 11.8. The molecule has 92 valence electrons. The van der Waals surface area contributed by atoms with E-state index in [2.05, 4.69) is 20.3 Å². The summed E-state index contributed by atoms with van der Waals surface area (Å²) >= 11 is 0. The molecule has 2 N–H and O–H groups in total. The van der Waals surface area contributed by atoms with E-state index in [-0.39, 0.29) is 5.91 Å². The predicted molar refractivity (Wildman–Crippen MR) is 64.3 cm³/mol. The van der Waals surface area contributed by atoms with E-state index in [0.29, 0.717) is 16.9 Å². The Morgan fingerprint density at radius 3 is 2.39 bits per heavy atom. The molecule has 0 radical (unpaired) electrons. The second kappa shape index (κ2) is 5.13. The van der Waals surface area contributed by atoms with Gasteiger partial charge in [0.1, 0.15) is 5.82 Å². The molecule has 6 heteroatoms. The van der Waals surface area contributed by atoms with Crippen molar-refractivity contribution in [1.29, 1.82) is 0 Å². The van der Waals surface area contributed by atoms with Crippen molar-refractivity contribution in [2.75, 3.05) is 12.4 Å². The van der Waals surface area contributed by atoms with Crippen LogP contribution in [0.1, 0.15) is 20.7 Å². The van der Waals surface area contributed by atoms with Gasteiger partial charge in [-0.25, -0.2) is 4.79 Å². The number of nitrogens with zero attached hydrogens (tertiary/aromatic N) is 1. The van der Waals surface area contributed by atoms with Gasteiger partial charge in [0.15, 0.2) is 0 Å². The van der Waals surface area contributed by atoms with Crippen LogP contribution in [0.4, 0.5) is 5.82 Å². The molecule has 1 aromatic heterocycles. The summed E-state index contributed by atoms with van der Waals surface area (Å²) in [7, 11) is 1.31. The summed E-state index contributed by atoms with van der Waals surface area (Å²) in [6.45, 7) is 0. The third-order valence-electron chi connectivity index (χ3n) is 2.32. The molecule has 1 aromatic carbocycles. The highest BCUT2D eigenvalue weighted by molar-refractivity contribution is 6.04. The van der Waals surface area contributed by atoms with Crippen molar-refractivity contribution in [3.05, 3.63) is 47.7 Å². The van der Waals surface area contributed by atoms with Crippen LogP contribution >= 0.6 is 0 Å². The molecule has 18 heavy (non-hydrogen) atoms. The van der Waals surface area contributed by atoms with Gasteiger partial charge in [0.05, 0.1) is 18.9 Å². The smallest absolute Gasteiger partial charge is 0.337 e. The van der Waals surface area contributed by atoms with E-state index >= 15 is 0 Å². The zero-order chi connectivity index (χ0) is 13.0. The molecule has 6 nitrogen and oxygen atoms in total. The Morgan fingerprint density at radius 1 is 1.17 bits per heavy atom. The average molecular weight is 245 g/mol. The number of nitrogens with one attached hydrogen (secondary N) is 2. The normalized spacial score (nSPS) is 9.83. The number of ether oxygens (including phenoxy) is 1. The van der Waals surface area contributed by atoms with Gasteiger partial charge in [0.2, 0.25) is 0 Å².